The Morgan fingerprint density at radius 3 is 2.53 bits per heavy atom. The molecule has 2 atom stereocenters. The Kier molecular flexibility index (Phi) is 8.94. The standard InChI is InChI=1S/C22H25N3O9/c1-4-24(5-2)20(27)14(12-23)9-13-10-16(25(30)31)19(26)18(11-13)34-22(29)33-17-8-6-7-15(17)21(28)32-3/h9-11,15,17,26H,4-8H2,1-3H3/b14-9+. The summed E-state index contributed by atoms with van der Waals surface area (Å²) in [5.74, 6) is -3.34. The van der Waals surface area contributed by atoms with Crippen molar-refractivity contribution in [3.8, 4) is 17.6 Å². The summed E-state index contributed by atoms with van der Waals surface area (Å²) in [4.78, 5) is 48.5. The van der Waals surface area contributed by atoms with Crippen molar-refractivity contribution in [3.63, 3.8) is 0 Å². The summed E-state index contributed by atoms with van der Waals surface area (Å²) in [7, 11) is 1.21. The van der Waals surface area contributed by atoms with Crippen LogP contribution in [-0.4, -0.2) is 59.3 Å². The van der Waals surface area contributed by atoms with Gasteiger partial charge >= 0.3 is 17.8 Å². The number of hydrogen-bond donors (Lipinski definition) is 1. The molecule has 0 radical (unpaired) electrons. The van der Waals surface area contributed by atoms with Crippen molar-refractivity contribution in [2.75, 3.05) is 20.2 Å². The highest BCUT2D eigenvalue weighted by Gasteiger charge is 2.37. The molecule has 0 spiro atoms. The molecule has 1 amide bonds. The molecule has 0 heterocycles. The number of amides is 1. The van der Waals surface area contributed by atoms with Gasteiger partial charge in [-0.25, -0.2) is 4.79 Å². The largest absolute Gasteiger partial charge is 0.514 e. The molecular weight excluding hydrogens is 450 g/mol. The van der Waals surface area contributed by atoms with Gasteiger partial charge in [0.05, 0.1) is 18.0 Å². The molecule has 34 heavy (non-hydrogen) atoms. The Hall–Kier alpha value is -4.14. The number of aromatic hydroxyl groups is 1. The van der Waals surface area contributed by atoms with Crippen LogP contribution in [0.3, 0.4) is 0 Å². The van der Waals surface area contributed by atoms with Gasteiger partial charge in [0, 0.05) is 19.2 Å². The van der Waals surface area contributed by atoms with E-state index in [9.17, 15) is 34.9 Å². The summed E-state index contributed by atoms with van der Waals surface area (Å²) in [6.07, 6.45) is 0.465. The average Bonchev–Trinajstić information content (AvgIpc) is 3.27. The van der Waals surface area contributed by atoms with Gasteiger partial charge in [0.1, 0.15) is 17.7 Å². The number of rotatable bonds is 8. The fourth-order valence-corrected chi connectivity index (χ4v) is 3.63. The van der Waals surface area contributed by atoms with Gasteiger partial charge in [-0.15, -0.1) is 0 Å². The lowest BCUT2D eigenvalue weighted by atomic mass is 10.1. The first-order valence-electron chi connectivity index (χ1n) is 10.5. The molecule has 182 valence electrons. The van der Waals surface area contributed by atoms with E-state index in [-0.39, 0.29) is 11.1 Å². The SMILES string of the molecule is CCN(CC)C(=O)/C(C#N)=C/c1cc(OC(=O)OC2CCCC2C(=O)OC)c(O)c([N+](=O)[O-])c1. The molecule has 12 heteroatoms. The van der Waals surface area contributed by atoms with Crippen molar-refractivity contribution < 1.29 is 38.6 Å². The normalized spacial score (nSPS) is 17.4. The molecule has 0 saturated heterocycles. The number of nitro benzene ring substituents is 1. The highest BCUT2D eigenvalue weighted by Crippen LogP contribution is 2.38. The Labute approximate surface area is 195 Å². The third-order valence-corrected chi connectivity index (χ3v) is 5.38. The van der Waals surface area contributed by atoms with Crippen LogP contribution in [0.1, 0.15) is 38.7 Å². The minimum absolute atomic E-state index is 0.0299. The lowest BCUT2D eigenvalue weighted by molar-refractivity contribution is -0.385. The van der Waals surface area contributed by atoms with E-state index >= 15 is 0 Å². The molecule has 0 bridgehead atoms. The first kappa shape index (κ1) is 26.1. The van der Waals surface area contributed by atoms with E-state index < -0.39 is 52.2 Å². The monoisotopic (exact) mass is 475 g/mol. The quantitative estimate of drug-likeness (QED) is 0.147. The number of nitro groups is 1. The van der Waals surface area contributed by atoms with E-state index in [0.29, 0.717) is 32.4 Å². The van der Waals surface area contributed by atoms with Crippen molar-refractivity contribution in [2.24, 2.45) is 5.92 Å². The zero-order valence-corrected chi connectivity index (χ0v) is 19.0. The number of nitriles is 1. The number of methoxy groups -OCH3 is 1. The van der Waals surface area contributed by atoms with E-state index in [1.807, 2.05) is 0 Å². The predicted molar refractivity (Wildman–Crippen MR) is 117 cm³/mol. The van der Waals surface area contributed by atoms with Gasteiger partial charge < -0.3 is 24.2 Å². The van der Waals surface area contributed by atoms with Crippen molar-refractivity contribution in [3.05, 3.63) is 33.4 Å². The number of hydrogen-bond acceptors (Lipinski definition) is 10. The number of benzene rings is 1. The number of carbonyl (C=O) groups is 3. The number of esters is 1. The first-order valence-corrected chi connectivity index (χ1v) is 10.5. The van der Waals surface area contributed by atoms with Gasteiger partial charge in [-0.3, -0.25) is 19.7 Å². The number of phenols is 1. The molecule has 1 aromatic carbocycles. The maximum Gasteiger partial charge on any atom is 0.514 e. The fourth-order valence-electron chi connectivity index (χ4n) is 3.63. The Morgan fingerprint density at radius 1 is 1.29 bits per heavy atom. The minimum Gasteiger partial charge on any atom is -0.499 e. The van der Waals surface area contributed by atoms with Crippen LogP contribution in [0, 0.1) is 27.4 Å². The van der Waals surface area contributed by atoms with Crippen LogP contribution >= 0.6 is 0 Å². The first-order chi connectivity index (χ1) is 16.2. The number of likely N-dealkylation sites (N-methyl/N-ethyl adjacent to an activating group) is 1. The summed E-state index contributed by atoms with van der Waals surface area (Å²) in [5.41, 5.74) is -1.14. The van der Waals surface area contributed by atoms with E-state index in [4.69, 9.17) is 14.2 Å². The number of carbonyl (C=O) groups excluding carboxylic acids is 3. The summed E-state index contributed by atoms with van der Waals surface area (Å²) < 4.78 is 14.9. The minimum atomic E-state index is -1.29. The van der Waals surface area contributed by atoms with Crippen LogP contribution < -0.4 is 4.74 Å². The third kappa shape index (κ3) is 6.00. The Balaban J connectivity index is 2.35. The molecule has 0 aliphatic heterocycles. The van der Waals surface area contributed by atoms with Crippen LogP contribution in [0.15, 0.2) is 17.7 Å². The van der Waals surface area contributed by atoms with Gasteiger partial charge in [-0.2, -0.15) is 5.26 Å². The van der Waals surface area contributed by atoms with Gasteiger partial charge in [0.15, 0.2) is 5.75 Å². The molecule has 1 aliphatic carbocycles. The molecule has 2 rings (SSSR count). The lowest BCUT2D eigenvalue weighted by Gasteiger charge is -2.18. The van der Waals surface area contributed by atoms with Crippen molar-refractivity contribution >= 4 is 29.8 Å². The van der Waals surface area contributed by atoms with Crippen LogP contribution in [0.25, 0.3) is 6.08 Å². The lowest BCUT2D eigenvalue weighted by Crippen LogP contribution is -2.31. The van der Waals surface area contributed by atoms with Gasteiger partial charge in [0.25, 0.3) is 5.91 Å². The highest BCUT2D eigenvalue weighted by atomic mass is 16.7. The molecule has 1 N–H and O–H groups in total. The van der Waals surface area contributed by atoms with Crippen LogP contribution in [0.5, 0.6) is 11.5 Å². The summed E-state index contributed by atoms with van der Waals surface area (Å²) >= 11 is 0. The molecule has 1 aliphatic rings. The van der Waals surface area contributed by atoms with Crippen LogP contribution in [0.2, 0.25) is 0 Å². The summed E-state index contributed by atoms with van der Waals surface area (Å²) in [5, 5.41) is 31.0. The zero-order valence-electron chi connectivity index (χ0n) is 19.0. The second kappa shape index (κ2) is 11.6. The second-order valence-corrected chi connectivity index (χ2v) is 7.36. The van der Waals surface area contributed by atoms with Gasteiger partial charge in [0.2, 0.25) is 5.75 Å². The maximum atomic E-state index is 12.5. The predicted octanol–water partition coefficient (Wildman–Crippen LogP) is 2.93. The molecule has 1 saturated carbocycles. The van der Waals surface area contributed by atoms with E-state index in [1.54, 1.807) is 19.9 Å². The number of nitrogens with zero attached hydrogens (tertiary/aromatic N) is 3. The number of phenolic OH excluding ortho intramolecular Hbond substituents is 1. The molecule has 0 aromatic heterocycles. The maximum absolute atomic E-state index is 12.5. The van der Waals surface area contributed by atoms with Crippen molar-refractivity contribution in [1.29, 1.82) is 5.26 Å². The summed E-state index contributed by atoms with van der Waals surface area (Å²) in [6, 6.07) is 3.75. The van der Waals surface area contributed by atoms with Crippen LogP contribution in [0.4, 0.5) is 10.5 Å². The third-order valence-electron chi connectivity index (χ3n) is 5.38. The molecule has 1 fully saturated rings. The molecule has 2 unspecified atom stereocenters. The highest BCUT2D eigenvalue weighted by molar-refractivity contribution is 6.01. The topological polar surface area (TPSA) is 169 Å². The Morgan fingerprint density at radius 2 is 1.97 bits per heavy atom. The van der Waals surface area contributed by atoms with E-state index in [0.717, 1.165) is 18.2 Å². The molecule has 12 nitrogen and oxygen atoms in total. The molecule has 1 aromatic rings. The van der Waals surface area contributed by atoms with Crippen molar-refractivity contribution in [1.82, 2.24) is 4.90 Å². The smallest absolute Gasteiger partial charge is 0.499 e. The zero-order chi connectivity index (χ0) is 25.4. The molecular formula is C22H25N3O9. The summed E-state index contributed by atoms with van der Waals surface area (Å²) in [6.45, 7) is 4.15. The Bertz CT molecular complexity index is 1040. The van der Waals surface area contributed by atoms with E-state index in [2.05, 4.69) is 0 Å². The second-order valence-electron chi connectivity index (χ2n) is 7.36. The number of ether oxygens (including phenoxy) is 3. The van der Waals surface area contributed by atoms with Crippen molar-refractivity contribution in [2.45, 2.75) is 39.2 Å². The fraction of sp³-hybridized carbons (Fsp3) is 0.455. The van der Waals surface area contributed by atoms with Gasteiger partial charge in [-0.1, -0.05) is 0 Å². The van der Waals surface area contributed by atoms with E-state index in [1.165, 1.54) is 12.0 Å². The van der Waals surface area contributed by atoms with Gasteiger partial charge in [-0.05, 0) is 50.8 Å². The van der Waals surface area contributed by atoms with Crippen LogP contribution in [-0.2, 0) is 19.1 Å². The average molecular weight is 475 g/mol.